The zero-order valence-corrected chi connectivity index (χ0v) is 10.5. The van der Waals surface area contributed by atoms with Gasteiger partial charge in [-0.2, -0.15) is 0 Å². The number of furan rings is 1. The fourth-order valence-corrected chi connectivity index (χ4v) is 2.33. The molecule has 1 fully saturated rings. The molecule has 1 heterocycles. The number of allylic oxidation sites excluding steroid dienone is 2. The van der Waals surface area contributed by atoms with Crippen LogP contribution >= 0.6 is 0 Å². The monoisotopic (exact) mass is 264 g/mol. The van der Waals surface area contributed by atoms with Crippen molar-refractivity contribution >= 4 is 11.9 Å². The van der Waals surface area contributed by atoms with Gasteiger partial charge in [0, 0.05) is 5.56 Å². The van der Waals surface area contributed by atoms with E-state index < -0.39 is 11.9 Å². The first-order valence-electron chi connectivity index (χ1n) is 6.35. The van der Waals surface area contributed by atoms with Crippen LogP contribution in [0.2, 0.25) is 0 Å². The number of carbonyl (C=O) groups is 2. The molecule has 0 spiro atoms. The second-order valence-corrected chi connectivity index (χ2v) is 4.70. The van der Waals surface area contributed by atoms with E-state index in [9.17, 15) is 9.59 Å². The summed E-state index contributed by atoms with van der Waals surface area (Å²) in [6.45, 7) is 0. The third-order valence-corrected chi connectivity index (χ3v) is 3.32. The van der Waals surface area contributed by atoms with Crippen LogP contribution < -0.4 is 0 Å². The number of rotatable bonds is 4. The minimum absolute atomic E-state index is 0.273. The summed E-state index contributed by atoms with van der Waals surface area (Å²) < 4.78 is 4.85. The van der Waals surface area contributed by atoms with E-state index in [-0.39, 0.29) is 11.5 Å². The molecule has 0 aromatic carbocycles. The number of carboxylic acids is 2. The molecule has 0 atom stereocenters. The minimum atomic E-state index is -1.25. The van der Waals surface area contributed by atoms with Gasteiger partial charge in [-0.3, -0.25) is 0 Å². The van der Waals surface area contributed by atoms with Gasteiger partial charge in [0.05, 0.1) is 0 Å². The van der Waals surface area contributed by atoms with Crippen LogP contribution in [0.25, 0.3) is 0 Å². The highest BCUT2D eigenvalue weighted by Gasteiger charge is 2.20. The van der Waals surface area contributed by atoms with Crippen molar-refractivity contribution in [1.29, 1.82) is 0 Å². The quantitative estimate of drug-likeness (QED) is 0.816. The maximum absolute atomic E-state index is 11.0. The molecule has 5 heteroatoms. The van der Waals surface area contributed by atoms with Gasteiger partial charge in [-0.05, 0) is 38.2 Å². The van der Waals surface area contributed by atoms with Crippen molar-refractivity contribution < 1.29 is 24.2 Å². The first kappa shape index (κ1) is 13.4. The molecular weight excluding hydrogens is 248 g/mol. The van der Waals surface area contributed by atoms with Crippen molar-refractivity contribution in [1.82, 2.24) is 0 Å². The Hall–Kier alpha value is -2.04. The molecule has 2 N–H and O–H groups in total. The van der Waals surface area contributed by atoms with Crippen LogP contribution in [0, 0.1) is 0 Å². The molecule has 5 nitrogen and oxygen atoms in total. The van der Waals surface area contributed by atoms with Gasteiger partial charge in [0.25, 0.3) is 0 Å². The van der Waals surface area contributed by atoms with E-state index >= 15 is 0 Å². The molecule has 0 saturated heterocycles. The summed E-state index contributed by atoms with van der Waals surface area (Å²) in [7, 11) is 0. The molecule has 1 saturated carbocycles. The molecule has 0 unspecified atom stereocenters. The Balaban J connectivity index is 2.18. The Morgan fingerprint density at radius 1 is 1.16 bits per heavy atom. The van der Waals surface area contributed by atoms with Gasteiger partial charge in [0.15, 0.2) is 0 Å². The summed E-state index contributed by atoms with van der Waals surface area (Å²) in [5, 5.41) is 17.8. The molecule has 0 aliphatic heterocycles. The molecule has 1 aliphatic rings. The van der Waals surface area contributed by atoms with E-state index in [0.717, 1.165) is 12.8 Å². The molecular formula is C14H16O5. The molecule has 1 aliphatic carbocycles. The number of aromatic carboxylic acids is 2. The van der Waals surface area contributed by atoms with Crippen molar-refractivity contribution in [2.24, 2.45) is 0 Å². The molecule has 0 radical (unpaired) electrons. The largest absolute Gasteiger partial charge is 0.475 e. The Morgan fingerprint density at radius 3 is 2.42 bits per heavy atom. The predicted molar refractivity (Wildman–Crippen MR) is 67.5 cm³/mol. The third kappa shape index (κ3) is 3.24. The topological polar surface area (TPSA) is 87.7 Å². The Labute approximate surface area is 110 Å². The highest BCUT2D eigenvalue weighted by atomic mass is 16.4. The lowest BCUT2D eigenvalue weighted by Gasteiger charge is -2.13. The summed E-state index contributed by atoms with van der Waals surface area (Å²) in [5.74, 6) is -3.08. The zero-order valence-electron chi connectivity index (χ0n) is 10.5. The number of hydrogen-bond acceptors (Lipinski definition) is 3. The first-order valence-corrected chi connectivity index (χ1v) is 6.35. The Morgan fingerprint density at radius 2 is 1.84 bits per heavy atom. The molecule has 1 aromatic rings. The molecule has 102 valence electrons. The first-order chi connectivity index (χ1) is 9.08. The number of hydrogen-bond donors (Lipinski definition) is 2. The van der Waals surface area contributed by atoms with Gasteiger partial charge < -0.3 is 14.6 Å². The average Bonchev–Trinajstić information content (AvgIpc) is 2.82. The summed E-state index contributed by atoms with van der Waals surface area (Å²) >= 11 is 0. The Bertz CT molecular complexity index is 516. The van der Waals surface area contributed by atoms with Crippen molar-refractivity contribution in [3.8, 4) is 0 Å². The maximum atomic E-state index is 11.0. The standard InChI is InChI=1S/C14H16O5/c15-13(16)11-8-10(12(19-11)14(17)18)7-6-9-4-2-1-3-5-9/h6,8H,1-5,7H2,(H,15,16)(H,17,18). The van der Waals surface area contributed by atoms with Gasteiger partial charge in [-0.25, -0.2) is 9.59 Å². The predicted octanol–water partition coefficient (Wildman–Crippen LogP) is 3.11. The third-order valence-electron chi connectivity index (χ3n) is 3.32. The number of carboxylic acid groups (broad SMARTS) is 2. The lowest BCUT2D eigenvalue weighted by atomic mass is 9.93. The van der Waals surface area contributed by atoms with E-state index in [1.165, 1.54) is 30.9 Å². The molecule has 1 aromatic heterocycles. The van der Waals surface area contributed by atoms with Crippen LogP contribution in [0.3, 0.4) is 0 Å². The van der Waals surface area contributed by atoms with Crippen molar-refractivity contribution in [3.05, 3.63) is 34.8 Å². The van der Waals surface area contributed by atoms with E-state index in [4.69, 9.17) is 14.6 Å². The van der Waals surface area contributed by atoms with Crippen LogP contribution in [0.15, 0.2) is 22.1 Å². The van der Waals surface area contributed by atoms with Crippen molar-refractivity contribution in [2.75, 3.05) is 0 Å². The molecule has 0 bridgehead atoms. The smallest absolute Gasteiger partial charge is 0.372 e. The molecule has 2 rings (SSSR count). The average molecular weight is 264 g/mol. The summed E-state index contributed by atoms with van der Waals surface area (Å²) in [4.78, 5) is 21.8. The maximum Gasteiger partial charge on any atom is 0.372 e. The lowest BCUT2D eigenvalue weighted by molar-refractivity contribution is 0.0631. The second-order valence-electron chi connectivity index (χ2n) is 4.70. The van der Waals surface area contributed by atoms with E-state index in [1.807, 2.05) is 6.08 Å². The van der Waals surface area contributed by atoms with Gasteiger partial charge in [-0.15, -0.1) is 0 Å². The van der Waals surface area contributed by atoms with Crippen molar-refractivity contribution in [2.45, 2.75) is 38.5 Å². The Kier molecular flexibility index (Phi) is 4.04. The highest BCUT2D eigenvalue weighted by molar-refractivity contribution is 5.90. The van der Waals surface area contributed by atoms with Crippen LogP contribution in [-0.4, -0.2) is 22.2 Å². The second kappa shape index (κ2) is 5.73. The molecule has 19 heavy (non-hydrogen) atoms. The summed E-state index contributed by atoms with van der Waals surface area (Å²) in [6.07, 6.45) is 8.09. The summed E-state index contributed by atoms with van der Waals surface area (Å²) in [5.41, 5.74) is 1.74. The zero-order chi connectivity index (χ0) is 13.8. The lowest BCUT2D eigenvalue weighted by Crippen LogP contribution is -1.99. The van der Waals surface area contributed by atoms with E-state index in [2.05, 4.69) is 0 Å². The summed E-state index contributed by atoms with van der Waals surface area (Å²) in [6, 6.07) is 1.30. The SMILES string of the molecule is O=C(O)c1cc(CC=C2CCCCC2)c(C(=O)O)o1. The fraction of sp³-hybridized carbons (Fsp3) is 0.429. The normalized spacial score (nSPS) is 15.3. The van der Waals surface area contributed by atoms with E-state index in [1.54, 1.807) is 0 Å². The fourth-order valence-electron chi connectivity index (χ4n) is 2.33. The van der Waals surface area contributed by atoms with Crippen LogP contribution in [0.4, 0.5) is 0 Å². The van der Waals surface area contributed by atoms with Gasteiger partial charge in [0.2, 0.25) is 11.5 Å². The van der Waals surface area contributed by atoms with Crippen LogP contribution in [0.1, 0.15) is 58.8 Å². The van der Waals surface area contributed by atoms with E-state index in [0.29, 0.717) is 12.0 Å². The van der Waals surface area contributed by atoms with Crippen LogP contribution in [0.5, 0.6) is 0 Å². The molecule has 0 amide bonds. The minimum Gasteiger partial charge on any atom is -0.475 e. The van der Waals surface area contributed by atoms with Gasteiger partial charge >= 0.3 is 11.9 Å². The van der Waals surface area contributed by atoms with Crippen molar-refractivity contribution in [3.63, 3.8) is 0 Å². The van der Waals surface area contributed by atoms with Gasteiger partial charge in [0.1, 0.15) is 0 Å². The highest BCUT2D eigenvalue weighted by Crippen LogP contribution is 2.24. The van der Waals surface area contributed by atoms with Crippen LogP contribution in [-0.2, 0) is 6.42 Å². The van der Waals surface area contributed by atoms with Gasteiger partial charge in [-0.1, -0.05) is 18.1 Å².